The third-order valence-corrected chi connectivity index (χ3v) is 3.58. The van der Waals surface area contributed by atoms with Crippen LogP contribution in [-0.4, -0.2) is 33.3 Å². The molecule has 0 bridgehead atoms. The first-order valence-corrected chi connectivity index (χ1v) is 8.09. The summed E-state index contributed by atoms with van der Waals surface area (Å²) < 4.78 is 24.2. The summed E-state index contributed by atoms with van der Waals surface area (Å²) in [6, 6.07) is 12.8. The molecule has 0 aliphatic carbocycles. The molecule has 25 heavy (non-hydrogen) atoms. The Balaban J connectivity index is 1.73. The monoisotopic (exact) mass is 345 g/mol. The van der Waals surface area contributed by atoms with Gasteiger partial charge in [-0.1, -0.05) is 23.8 Å². The van der Waals surface area contributed by atoms with Crippen LogP contribution in [0.15, 0.2) is 47.5 Å². The number of aliphatic imine (C=N–C) groups is 1. The predicted molar refractivity (Wildman–Crippen MR) is 97.8 cm³/mol. The first kappa shape index (κ1) is 18.6. The molecule has 2 aromatic carbocycles. The van der Waals surface area contributed by atoms with E-state index in [9.17, 15) is 4.39 Å². The highest BCUT2D eigenvalue weighted by Crippen LogP contribution is 2.17. The predicted octanol–water partition coefficient (Wildman–Crippen LogP) is 2.89. The zero-order valence-electron chi connectivity index (χ0n) is 14.8. The maximum atomic E-state index is 13.7. The molecule has 0 unspecified atom stereocenters. The molecule has 0 radical (unpaired) electrons. The molecule has 134 valence electrons. The molecule has 0 fully saturated rings. The van der Waals surface area contributed by atoms with E-state index in [1.165, 1.54) is 18.7 Å². The summed E-state index contributed by atoms with van der Waals surface area (Å²) in [6.07, 6.45) is 0. The fourth-order valence-electron chi connectivity index (χ4n) is 2.20. The summed E-state index contributed by atoms with van der Waals surface area (Å²) in [5.41, 5.74) is 2.00. The number of halogens is 1. The molecule has 0 saturated carbocycles. The molecule has 0 atom stereocenters. The lowest BCUT2D eigenvalue weighted by Gasteiger charge is -2.13. The third kappa shape index (κ3) is 5.99. The summed E-state index contributed by atoms with van der Waals surface area (Å²) in [5.74, 6) is 1.32. The van der Waals surface area contributed by atoms with Crippen molar-refractivity contribution in [3.8, 4) is 11.5 Å². The molecular weight excluding hydrogens is 321 g/mol. The second kappa shape index (κ2) is 9.52. The summed E-state index contributed by atoms with van der Waals surface area (Å²) in [5, 5.41) is 6.29. The molecule has 0 aliphatic heterocycles. The van der Waals surface area contributed by atoms with Gasteiger partial charge in [-0.25, -0.2) is 4.39 Å². The first-order chi connectivity index (χ1) is 12.1. The molecule has 2 aromatic rings. The van der Waals surface area contributed by atoms with E-state index in [0.717, 1.165) is 11.3 Å². The SMILES string of the molecule is CN=C(NCCOc1ccc(C)cc1)NCc1ccc(OC)c(F)c1. The minimum atomic E-state index is -0.378. The Morgan fingerprint density at radius 1 is 1.12 bits per heavy atom. The lowest BCUT2D eigenvalue weighted by Crippen LogP contribution is -2.38. The van der Waals surface area contributed by atoms with E-state index in [2.05, 4.69) is 15.6 Å². The Morgan fingerprint density at radius 3 is 2.52 bits per heavy atom. The van der Waals surface area contributed by atoms with Crippen molar-refractivity contribution < 1.29 is 13.9 Å². The van der Waals surface area contributed by atoms with Crippen LogP contribution in [0.3, 0.4) is 0 Å². The van der Waals surface area contributed by atoms with E-state index < -0.39 is 0 Å². The van der Waals surface area contributed by atoms with E-state index in [4.69, 9.17) is 9.47 Å². The second-order valence-electron chi connectivity index (χ2n) is 5.48. The summed E-state index contributed by atoms with van der Waals surface area (Å²) in [4.78, 5) is 4.14. The Bertz CT molecular complexity index is 702. The number of ether oxygens (including phenoxy) is 2. The van der Waals surface area contributed by atoms with Gasteiger partial charge in [0.1, 0.15) is 12.4 Å². The lowest BCUT2D eigenvalue weighted by molar-refractivity contribution is 0.322. The number of hydrogen-bond acceptors (Lipinski definition) is 3. The minimum absolute atomic E-state index is 0.236. The van der Waals surface area contributed by atoms with Crippen molar-refractivity contribution >= 4 is 5.96 Å². The van der Waals surface area contributed by atoms with Crippen LogP contribution < -0.4 is 20.1 Å². The zero-order valence-corrected chi connectivity index (χ0v) is 14.8. The van der Waals surface area contributed by atoms with Crippen molar-refractivity contribution in [2.24, 2.45) is 4.99 Å². The molecule has 0 heterocycles. The first-order valence-electron chi connectivity index (χ1n) is 8.09. The highest BCUT2D eigenvalue weighted by atomic mass is 19.1. The normalized spacial score (nSPS) is 11.1. The molecule has 0 spiro atoms. The van der Waals surface area contributed by atoms with Crippen molar-refractivity contribution in [2.75, 3.05) is 27.3 Å². The summed E-state index contributed by atoms with van der Waals surface area (Å²) >= 11 is 0. The maximum Gasteiger partial charge on any atom is 0.191 e. The number of guanidine groups is 1. The van der Waals surface area contributed by atoms with Gasteiger partial charge in [0.25, 0.3) is 0 Å². The third-order valence-electron chi connectivity index (χ3n) is 3.58. The van der Waals surface area contributed by atoms with E-state index >= 15 is 0 Å². The van der Waals surface area contributed by atoms with Gasteiger partial charge in [-0.15, -0.1) is 0 Å². The van der Waals surface area contributed by atoms with Crippen LogP contribution >= 0.6 is 0 Å². The van der Waals surface area contributed by atoms with E-state index in [1.807, 2.05) is 37.3 Å². The number of methoxy groups -OCH3 is 1. The number of nitrogens with one attached hydrogen (secondary N) is 2. The van der Waals surface area contributed by atoms with Crippen molar-refractivity contribution in [3.63, 3.8) is 0 Å². The second-order valence-corrected chi connectivity index (χ2v) is 5.48. The van der Waals surface area contributed by atoms with Crippen molar-refractivity contribution in [1.82, 2.24) is 10.6 Å². The Morgan fingerprint density at radius 2 is 1.88 bits per heavy atom. The van der Waals surface area contributed by atoms with Gasteiger partial charge in [0, 0.05) is 13.6 Å². The molecule has 0 saturated heterocycles. The van der Waals surface area contributed by atoms with Gasteiger partial charge < -0.3 is 20.1 Å². The van der Waals surface area contributed by atoms with Crippen LogP contribution in [0, 0.1) is 12.7 Å². The maximum absolute atomic E-state index is 13.7. The van der Waals surface area contributed by atoms with E-state index in [0.29, 0.717) is 25.7 Å². The Kier molecular flexibility index (Phi) is 7.07. The fraction of sp³-hybridized carbons (Fsp3) is 0.316. The van der Waals surface area contributed by atoms with Crippen LogP contribution in [0.25, 0.3) is 0 Å². The average Bonchev–Trinajstić information content (AvgIpc) is 2.62. The Labute approximate surface area is 147 Å². The standard InChI is InChI=1S/C19H24FN3O2/c1-14-4-7-16(8-5-14)25-11-10-22-19(21-2)23-13-15-6-9-18(24-3)17(20)12-15/h4-9,12H,10-11,13H2,1-3H3,(H2,21,22,23). The van der Waals surface area contributed by atoms with Crippen molar-refractivity contribution in [1.29, 1.82) is 0 Å². The average molecular weight is 345 g/mol. The molecule has 5 nitrogen and oxygen atoms in total. The van der Waals surface area contributed by atoms with Crippen LogP contribution in [0.1, 0.15) is 11.1 Å². The zero-order chi connectivity index (χ0) is 18.1. The van der Waals surface area contributed by atoms with Crippen LogP contribution in [0.5, 0.6) is 11.5 Å². The van der Waals surface area contributed by atoms with Gasteiger partial charge in [0.05, 0.1) is 13.7 Å². The fourth-order valence-corrected chi connectivity index (χ4v) is 2.20. The lowest BCUT2D eigenvalue weighted by atomic mass is 10.2. The number of benzene rings is 2. The number of rotatable bonds is 7. The number of aryl methyl sites for hydroxylation is 1. The summed E-state index contributed by atoms with van der Waals surface area (Å²) in [7, 11) is 3.13. The van der Waals surface area contributed by atoms with Gasteiger partial charge in [-0.2, -0.15) is 0 Å². The van der Waals surface area contributed by atoms with Gasteiger partial charge >= 0.3 is 0 Å². The molecule has 0 aromatic heterocycles. The molecule has 2 rings (SSSR count). The topological polar surface area (TPSA) is 54.9 Å². The molecular formula is C19H24FN3O2. The molecule has 6 heteroatoms. The van der Waals surface area contributed by atoms with Gasteiger partial charge in [0.15, 0.2) is 17.5 Å². The minimum Gasteiger partial charge on any atom is -0.494 e. The largest absolute Gasteiger partial charge is 0.494 e. The van der Waals surface area contributed by atoms with Crippen LogP contribution in [0.2, 0.25) is 0 Å². The highest BCUT2D eigenvalue weighted by molar-refractivity contribution is 5.79. The van der Waals surface area contributed by atoms with Crippen molar-refractivity contribution in [3.05, 3.63) is 59.4 Å². The molecule has 0 aliphatic rings. The number of nitrogens with zero attached hydrogens (tertiary/aromatic N) is 1. The quantitative estimate of drug-likeness (QED) is 0.460. The molecule has 0 amide bonds. The van der Waals surface area contributed by atoms with Gasteiger partial charge in [-0.05, 0) is 36.8 Å². The van der Waals surface area contributed by atoms with Gasteiger partial charge in [-0.3, -0.25) is 4.99 Å². The smallest absolute Gasteiger partial charge is 0.191 e. The molecule has 2 N–H and O–H groups in total. The highest BCUT2D eigenvalue weighted by Gasteiger charge is 2.04. The summed E-state index contributed by atoms with van der Waals surface area (Å²) in [6.45, 7) is 3.61. The van der Waals surface area contributed by atoms with Crippen LogP contribution in [-0.2, 0) is 6.54 Å². The van der Waals surface area contributed by atoms with Crippen LogP contribution in [0.4, 0.5) is 4.39 Å². The van der Waals surface area contributed by atoms with Gasteiger partial charge in [0.2, 0.25) is 0 Å². The van der Waals surface area contributed by atoms with E-state index in [-0.39, 0.29) is 11.6 Å². The Hall–Kier alpha value is -2.76. The number of hydrogen-bond donors (Lipinski definition) is 2. The van der Waals surface area contributed by atoms with Crippen molar-refractivity contribution in [2.45, 2.75) is 13.5 Å². The van der Waals surface area contributed by atoms with E-state index in [1.54, 1.807) is 13.1 Å².